The van der Waals surface area contributed by atoms with E-state index in [9.17, 15) is 21.6 Å². The molecule has 7 nitrogen and oxygen atoms in total. The van der Waals surface area contributed by atoms with Crippen LogP contribution in [0.5, 0.6) is 5.75 Å². The predicted octanol–water partition coefficient (Wildman–Crippen LogP) is 6.33. The molecule has 0 atom stereocenters. The van der Waals surface area contributed by atoms with Crippen LogP contribution >= 0.6 is 0 Å². The van der Waals surface area contributed by atoms with Crippen LogP contribution in [-0.2, 0) is 35.1 Å². The van der Waals surface area contributed by atoms with Crippen molar-refractivity contribution in [3.05, 3.63) is 126 Å². The van der Waals surface area contributed by atoms with E-state index in [-0.39, 0.29) is 12.4 Å². The molecule has 44 heavy (non-hydrogen) atoms. The van der Waals surface area contributed by atoms with Gasteiger partial charge in [-0.3, -0.25) is 0 Å². The van der Waals surface area contributed by atoms with Gasteiger partial charge in [-0.1, -0.05) is 60.7 Å². The van der Waals surface area contributed by atoms with Gasteiger partial charge >= 0.3 is 6.18 Å². The van der Waals surface area contributed by atoms with Crippen LogP contribution in [-0.4, -0.2) is 48.5 Å². The van der Waals surface area contributed by atoms with Crippen molar-refractivity contribution in [2.24, 2.45) is 0 Å². The molecule has 6 rings (SSSR count). The lowest BCUT2D eigenvalue weighted by atomic mass is 10.1. The summed E-state index contributed by atoms with van der Waals surface area (Å²) in [5.74, 6) is 1.29. The van der Waals surface area contributed by atoms with Crippen molar-refractivity contribution in [1.82, 2.24) is 13.9 Å². The third kappa shape index (κ3) is 6.74. The number of hydrogen-bond acceptors (Lipinski definition) is 5. The summed E-state index contributed by atoms with van der Waals surface area (Å²) in [6.45, 7) is 2.26. The summed E-state index contributed by atoms with van der Waals surface area (Å²) in [6, 6.07) is 29.5. The molecular formula is C33H31F3N4O3S. The second-order valence-corrected chi connectivity index (χ2v) is 12.7. The summed E-state index contributed by atoms with van der Waals surface area (Å²) in [6.07, 6.45) is -4.41. The van der Waals surface area contributed by atoms with E-state index in [1.54, 1.807) is 4.31 Å². The smallest absolute Gasteiger partial charge is 0.416 e. The lowest BCUT2D eigenvalue weighted by Gasteiger charge is -2.35. The average molecular weight is 621 g/mol. The Bertz CT molecular complexity index is 1820. The molecule has 1 aromatic heterocycles. The third-order valence-corrected chi connectivity index (χ3v) is 9.58. The molecule has 1 aliphatic rings. The van der Waals surface area contributed by atoms with E-state index in [2.05, 4.69) is 4.90 Å². The molecule has 0 bridgehead atoms. The molecule has 0 amide bonds. The van der Waals surface area contributed by atoms with Crippen LogP contribution in [0, 0.1) is 0 Å². The fourth-order valence-corrected chi connectivity index (χ4v) is 6.91. The van der Waals surface area contributed by atoms with E-state index >= 15 is 0 Å². The number of rotatable bonds is 9. The van der Waals surface area contributed by atoms with Crippen molar-refractivity contribution < 1.29 is 26.3 Å². The minimum Gasteiger partial charge on any atom is -0.486 e. The minimum atomic E-state index is -4.41. The number of piperazine rings is 1. The van der Waals surface area contributed by atoms with Crippen molar-refractivity contribution in [3.8, 4) is 5.75 Å². The zero-order valence-electron chi connectivity index (χ0n) is 23.8. The zero-order chi connectivity index (χ0) is 30.7. The molecule has 0 spiro atoms. The van der Waals surface area contributed by atoms with Gasteiger partial charge in [0.2, 0.25) is 10.0 Å². The number of sulfonamides is 1. The molecule has 1 aliphatic heterocycles. The van der Waals surface area contributed by atoms with E-state index in [1.807, 2.05) is 83.4 Å². The van der Waals surface area contributed by atoms with Gasteiger partial charge in [0, 0.05) is 38.4 Å². The van der Waals surface area contributed by atoms with Gasteiger partial charge in [-0.25, -0.2) is 13.4 Å². The van der Waals surface area contributed by atoms with Gasteiger partial charge in [0.1, 0.15) is 18.2 Å². The molecule has 4 aromatic carbocycles. The van der Waals surface area contributed by atoms with Crippen LogP contribution in [0.1, 0.15) is 22.5 Å². The van der Waals surface area contributed by atoms with Crippen LogP contribution in [0.25, 0.3) is 11.0 Å². The van der Waals surface area contributed by atoms with Crippen LogP contribution in [0.15, 0.2) is 103 Å². The largest absolute Gasteiger partial charge is 0.486 e. The number of ether oxygens (including phenoxy) is 1. The second-order valence-electron chi connectivity index (χ2n) is 10.7. The maximum Gasteiger partial charge on any atom is 0.416 e. The number of alkyl halides is 3. The number of fused-ring (bicyclic) bond motifs is 1. The zero-order valence-corrected chi connectivity index (χ0v) is 24.6. The first-order valence-electron chi connectivity index (χ1n) is 14.3. The number of halogens is 3. The van der Waals surface area contributed by atoms with Crippen molar-refractivity contribution in [3.63, 3.8) is 0 Å². The van der Waals surface area contributed by atoms with Crippen molar-refractivity contribution >= 4 is 26.7 Å². The lowest BCUT2D eigenvalue weighted by molar-refractivity contribution is -0.137. The predicted molar refractivity (Wildman–Crippen MR) is 164 cm³/mol. The highest BCUT2D eigenvalue weighted by atomic mass is 32.2. The Morgan fingerprint density at radius 2 is 1.43 bits per heavy atom. The summed E-state index contributed by atoms with van der Waals surface area (Å²) in [7, 11) is -3.45. The van der Waals surface area contributed by atoms with Crippen LogP contribution in [0.2, 0.25) is 0 Å². The fourth-order valence-electron chi connectivity index (χ4n) is 5.39. The first kappa shape index (κ1) is 29.7. The molecule has 1 fully saturated rings. The summed E-state index contributed by atoms with van der Waals surface area (Å²) < 4.78 is 75.1. The molecule has 0 aliphatic carbocycles. The van der Waals surface area contributed by atoms with Gasteiger partial charge in [0.05, 0.1) is 22.3 Å². The maximum absolute atomic E-state index is 13.2. The summed E-state index contributed by atoms with van der Waals surface area (Å²) in [5.41, 5.74) is 3.22. The monoisotopic (exact) mass is 620 g/mol. The Balaban J connectivity index is 1.24. The highest BCUT2D eigenvalue weighted by molar-refractivity contribution is 7.88. The van der Waals surface area contributed by atoms with Crippen LogP contribution in [0.3, 0.4) is 0 Å². The minimum absolute atomic E-state index is 0.0310. The lowest BCUT2D eigenvalue weighted by Crippen LogP contribution is -2.49. The number of aromatic nitrogens is 2. The van der Waals surface area contributed by atoms with E-state index in [4.69, 9.17) is 9.72 Å². The Morgan fingerprint density at radius 1 is 0.773 bits per heavy atom. The van der Waals surface area contributed by atoms with Gasteiger partial charge in [-0.2, -0.15) is 17.5 Å². The quantitative estimate of drug-likeness (QED) is 0.193. The first-order valence-corrected chi connectivity index (χ1v) is 15.9. The van der Waals surface area contributed by atoms with Crippen molar-refractivity contribution in [2.75, 3.05) is 31.1 Å². The standard InChI is InChI=1S/C33H31F3N4O3S/c34-33(35,36)27-13-11-25(12-14-27)22-40-31-21-28(15-16-30(31)37-32(40)23-43-29-9-5-2-6-10-29)38-17-19-39(20-18-38)44(41,42)24-26-7-3-1-4-8-26/h1-16,21H,17-20,22-24H2. The highest BCUT2D eigenvalue weighted by Crippen LogP contribution is 2.30. The van der Waals surface area contributed by atoms with Gasteiger partial charge < -0.3 is 14.2 Å². The average Bonchev–Trinajstić information content (AvgIpc) is 3.37. The van der Waals surface area contributed by atoms with Crippen LogP contribution in [0.4, 0.5) is 18.9 Å². The number of hydrogen-bond donors (Lipinski definition) is 0. The topological polar surface area (TPSA) is 67.7 Å². The molecular weight excluding hydrogens is 589 g/mol. The SMILES string of the molecule is O=S(=O)(Cc1ccccc1)N1CCN(c2ccc3nc(COc4ccccc4)n(Cc4ccc(C(F)(F)F)cc4)c3c2)CC1. The molecule has 0 unspecified atom stereocenters. The molecule has 2 heterocycles. The molecule has 1 saturated heterocycles. The summed E-state index contributed by atoms with van der Waals surface area (Å²) in [5, 5.41) is 0. The Labute approximate surface area is 254 Å². The fraction of sp³-hybridized carbons (Fsp3) is 0.242. The Hall–Kier alpha value is -4.35. The molecule has 0 radical (unpaired) electrons. The molecule has 0 N–H and O–H groups in total. The Kier molecular flexibility index (Phi) is 8.33. The normalized spacial score (nSPS) is 14.7. The van der Waals surface area contributed by atoms with Crippen LogP contribution < -0.4 is 9.64 Å². The van der Waals surface area contributed by atoms with Gasteiger partial charge in [-0.15, -0.1) is 0 Å². The van der Waals surface area contributed by atoms with E-state index in [1.165, 1.54) is 12.1 Å². The number of para-hydroxylation sites is 1. The highest BCUT2D eigenvalue weighted by Gasteiger charge is 2.30. The van der Waals surface area contributed by atoms with Gasteiger partial charge in [-0.05, 0) is 53.6 Å². The molecule has 5 aromatic rings. The summed E-state index contributed by atoms with van der Waals surface area (Å²) in [4.78, 5) is 6.95. The molecule has 228 valence electrons. The number of imidazole rings is 1. The molecule has 11 heteroatoms. The van der Waals surface area contributed by atoms with E-state index in [0.717, 1.165) is 34.4 Å². The van der Waals surface area contributed by atoms with Gasteiger partial charge in [0.15, 0.2) is 0 Å². The third-order valence-electron chi connectivity index (χ3n) is 7.73. The number of benzene rings is 4. The molecule has 0 saturated carbocycles. The van der Waals surface area contributed by atoms with Crippen molar-refractivity contribution in [1.29, 1.82) is 0 Å². The second kappa shape index (κ2) is 12.3. The van der Waals surface area contributed by atoms with E-state index < -0.39 is 21.8 Å². The van der Waals surface area contributed by atoms with E-state index in [0.29, 0.717) is 49.9 Å². The maximum atomic E-state index is 13.2. The Morgan fingerprint density at radius 3 is 2.09 bits per heavy atom. The first-order chi connectivity index (χ1) is 21.2. The number of nitrogens with zero attached hydrogens (tertiary/aromatic N) is 4. The van der Waals surface area contributed by atoms with Crippen molar-refractivity contribution in [2.45, 2.75) is 25.1 Å². The van der Waals surface area contributed by atoms with Gasteiger partial charge in [0.25, 0.3) is 0 Å². The number of anilines is 1. The summed E-state index contributed by atoms with van der Waals surface area (Å²) >= 11 is 0.